The highest BCUT2D eigenvalue weighted by molar-refractivity contribution is 9.10. The van der Waals surface area contributed by atoms with Gasteiger partial charge in [-0.3, -0.25) is 10.1 Å². The molecule has 5 nitrogen and oxygen atoms in total. The van der Waals surface area contributed by atoms with Crippen LogP contribution in [0.2, 0.25) is 0 Å². The van der Waals surface area contributed by atoms with Crippen LogP contribution in [-0.2, 0) is 13.0 Å². The molecule has 1 aliphatic heterocycles. The van der Waals surface area contributed by atoms with Gasteiger partial charge in [0.15, 0.2) is 0 Å². The first-order valence-corrected chi connectivity index (χ1v) is 5.40. The minimum Gasteiger partial charge on any atom is -0.316 e. The van der Waals surface area contributed by atoms with E-state index in [0.717, 1.165) is 18.5 Å². The van der Waals surface area contributed by atoms with E-state index in [1.165, 1.54) is 5.56 Å². The topological polar surface area (TPSA) is 67.2 Å². The van der Waals surface area contributed by atoms with Gasteiger partial charge in [-0.1, -0.05) is 6.07 Å². The third-order valence-corrected chi connectivity index (χ3v) is 2.95. The van der Waals surface area contributed by atoms with Crippen LogP contribution in [0.3, 0.4) is 0 Å². The molecule has 0 atom stereocenters. The first kappa shape index (κ1) is 10.4. The van der Waals surface area contributed by atoms with Gasteiger partial charge in [0, 0.05) is 34.3 Å². The van der Waals surface area contributed by atoms with Crippen LogP contribution in [0.4, 0.5) is 11.4 Å². The molecule has 1 aromatic carbocycles. The summed E-state index contributed by atoms with van der Waals surface area (Å²) < 4.78 is 2.74. The molecular weight excluding hydrogens is 262 g/mol. The number of anilines is 1. The third-order valence-electron chi connectivity index (χ3n) is 2.55. The molecule has 0 saturated heterocycles. The van der Waals surface area contributed by atoms with Crippen molar-refractivity contribution in [1.82, 2.24) is 5.32 Å². The van der Waals surface area contributed by atoms with E-state index >= 15 is 0 Å². The van der Waals surface area contributed by atoms with Gasteiger partial charge < -0.3 is 9.66 Å². The van der Waals surface area contributed by atoms with Crippen LogP contribution >= 0.6 is 16.1 Å². The number of nitrogens with zero attached hydrogens (tertiary/aromatic N) is 1. The van der Waals surface area contributed by atoms with Crippen LogP contribution < -0.4 is 9.66 Å². The molecule has 1 heterocycles. The van der Waals surface area contributed by atoms with E-state index < -0.39 is 0 Å². The third kappa shape index (κ3) is 1.82. The SMILES string of the molecule is O=[N+]([O-])c1ccc2c(c1NBr)CNCC2. The Morgan fingerprint density at radius 1 is 1.53 bits per heavy atom. The average Bonchev–Trinajstić information content (AvgIpc) is 2.27. The van der Waals surface area contributed by atoms with E-state index in [-0.39, 0.29) is 10.6 Å². The van der Waals surface area contributed by atoms with E-state index in [1.54, 1.807) is 6.07 Å². The first-order chi connectivity index (χ1) is 7.24. The Kier molecular flexibility index (Phi) is 2.88. The predicted molar refractivity (Wildman–Crippen MR) is 61.1 cm³/mol. The second kappa shape index (κ2) is 4.16. The van der Waals surface area contributed by atoms with Gasteiger partial charge in [-0.2, -0.15) is 0 Å². The predicted octanol–water partition coefficient (Wildman–Crippen LogP) is 1.96. The zero-order chi connectivity index (χ0) is 10.8. The highest BCUT2D eigenvalue weighted by Crippen LogP contribution is 2.33. The van der Waals surface area contributed by atoms with Crippen LogP contribution in [0.25, 0.3) is 0 Å². The standard InChI is InChI=1S/C9H10BrN3O2/c10-12-9-7-5-11-4-3-6(7)1-2-8(9)13(14)15/h1-2,11-12H,3-5H2. The van der Waals surface area contributed by atoms with Crippen molar-refractivity contribution in [3.05, 3.63) is 33.4 Å². The van der Waals surface area contributed by atoms with Gasteiger partial charge in [0.1, 0.15) is 5.69 Å². The van der Waals surface area contributed by atoms with Crippen LogP contribution in [-0.4, -0.2) is 11.5 Å². The van der Waals surface area contributed by atoms with Gasteiger partial charge >= 0.3 is 0 Å². The summed E-state index contributed by atoms with van der Waals surface area (Å²) in [7, 11) is 0. The Hall–Kier alpha value is -1.14. The van der Waals surface area contributed by atoms with Gasteiger partial charge in [0.05, 0.1) is 4.92 Å². The Bertz CT molecular complexity index is 409. The molecule has 2 rings (SSSR count). The molecule has 2 N–H and O–H groups in total. The lowest BCUT2D eigenvalue weighted by Gasteiger charge is -2.19. The second-order valence-electron chi connectivity index (χ2n) is 3.38. The molecule has 0 saturated carbocycles. The minimum absolute atomic E-state index is 0.106. The maximum absolute atomic E-state index is 10.8. The minimum atomic E-state index is -0.377. The highest BCUT2D eigenvalue weighted by Gasteiger charge is 2.21. The molecule has 15 heavy (non-hydrogen) atoms. The largest absolute Gasteiger partial charge is 0.316 e. The molecule has 0 unspecified atom stereocenters. The molecule has 0 spiro atoms. The van der Waals surface area contributed by atoms with Crippen LogP contribution in [0.5, 0.6) is 0 Å². The second-order valence-corrected chi connectivity index (χ2v) is 3.77. The summed E-state index contributed by atoms with van der Waals surface area (Å²) in [6.07, 6.45) is 0.912. The summed E-state index contributed by atoms with van der Waals surface area (Å²) in [5, 5.41) is 14.0. The molecule has 6 heteroatoms. The molecule has 0 fully saturated rings. The van der Waals surface area contributed by atoms with Gasteiger partial charge in [-0.25, -0.2) is 0 Å². The Balaban J connectivity index is 2.56. The lowest BCUT2D eigenvalue weighted by atomic mass is 9.98. The summed E-state index contributed by atoms with van der Waals surface area (Å²) in [5.74, 6) is 0. The Labute approximate surface area is 95.4 Å². The normalized spacial score (nSPS) is 14.5. The molecule has 0 bridgehead atoms. The zero-order valence-corrected chi connectivity index (χ0v) is 9.50. The lowest BCUT2D eigenvalue weighted by Crippen LogP contribution is -2.24. The summed E-state index contributed by atoms with van der Waals surface area (Å²) in [5.41, 5.74) is 2.81. The number of hydrogen-bond acceptors (Lipinski definition) is 4. The molecule has 80 valence electrons. The number of nitrogens with one attached hydrogen (secondary N) is 2. The highest BCUT2D eigenvalue weighted by atomic mass is 79.9. The van der Waals surface area contributed by atoms with E-state index in [1.807, 2.05) is 6.07 Å². The smallest absolute Gasteiger partial charge is 0.293 e. The number of nitro benzene ring substituents is 1. The maximum atomic E-state index is 10.8. The van der Waals surface area contributed by atoms with Crippen molar-refractivity contribution in [3.8, 4) is 0 Å². The quantitative estimate of drug-likeness (QED) is 0.490. The molecule has 0 aromatic heterocycles. The fourth-order valence-corrected chi connectivity index (χ4v) is 2.25. The van der Waals surface area contributed by atoms with Crippen LogP contribution in [0.15, 0.2) is 12.1 Å². The average molecular weight is 272 g/mol. The van der Waals surface area contributed by atoms with Crippen molar-refractivity contribution in [1.29, 1.82) is 0 Å². The number of nitro groups is 1. The summed E-state index contributed by atoms with van der Waals surface area (Å²) in [6.45, 7) is 1.59. The maximum Gasteiger partial charge on any atom is 0.293 e. The molecule has 1 aliphatic rings. The summed E-state index contributed by atoms with van der Waals surface area (Å²) in [4.78, 5) is 10.4. The van der Waals surface area contributed by atoms with Crippen LogP contribution in [0, 0.1) is 10.1 Å². The summed E-state index contributed by atoms with van der Waals surface area (Å²) in [6, 6.07) is 3.38. The van der Waals surface area contributed by atoms with Crippen molar-refractivity contribution >= 4 is 27.5 Å². The number of fused-ring (bicyclic) bond motifs is 1. The zero-order valence-electron chi connectivity index (χ0n) is 7.92. The van der Waals surface area contributed by atoms with Crippen molar-refractivity contribution < 1.29 is 4.92 Å². The number of rotatable bonds is 2. The number of hydrogen-bond donors (Lipinski definition) is 2. The van der Waals surface area contributed by atoms with E-state index in [0.29, 0.717) is 12.2 Å². The lowest BCUT2D eigenvalue weighted by molar-refractivity contribution is -0.383. The Morgan fingerprint density at radius 3 is 3.00 bits per heavy atom. The summed E-state index contributed by atoms with van der Waals surface area (Å²) >= 11 is 3.07. The van der Waals surface area contributed by atoms with Crippen molar-refractivity contribution in [2.75, 3.05) is 10.9 Å². The van der Waals surface area contributed by atoms with E-state index in [4.69, 9.17) is 0 Å². The fourth-order valence-electron chi connectivity index (χ4n) is 1.81. The Morgan fingerprint density at radius 2 is 2.33 bits per heavy atom. The van der Waals surface area contributed by atoms with Crippen LogP contribution in [0.1, 0.15) is 11.1 Å². The van der Waals surface area contributed by atoms with Gasteiger partial charge in [-0.15, -0.1) is 0 Å². The number of halogens is 1. The monoisotopic (exact) mass is 271 g/mol. The molecule has 0 aliphatic carbocycles. The molecule has 0 amide bonds. The first-order valence-electron chi connectivity index (χ1n) is 4.60. The number of benzene rings is 1. The van der Waals surface area contributed by atoms with Crippen molar-refractivity contribution in [3.63, 3.8) is 0 Å². The van der Waals surface area contributed by atoms with Gasteiger partial charge in [-0.05, 0) is 18.5 Å². The molecule has 0 radical (unpaired) electrons. The van der Waals surface area contributed by atoms with Crippen molar-refractivity contribution in [2.24, 2.45) is 0 Å². The molecule has 1 aromatic rings. The van der Waals surface area contributed by atoms with E-state index in [2.05, 4.69) is 25.8 Å². The molecular formula is C9H10BrN3O2. The fraction of sp³-hybridized carbons (Fsp3) is 0.333. The van der Waals surface area contributed by atoms with Gasteiger partial charge in [0.2, 0.25) is 0 Å². The van der Waals surface area contributed by atoms with E-state index in [9.17, 15) is 10.1 Å². The van der Waals surface area contributed by atoms with Gasteiger partial charge in [0.25, 0.3) is 5.69 Å². The van der Waals surface area contributed by atoms with Crippen molar-refractivity contribution in [2.45, 2.75) is 13.0 Å².